The van der Waals surface area contributed by atoms with E-state index in [-0.39, 0.29) is 24.4 Å². The first kappa shape index (κ1) is 12.9. The maximum atomic E-state index is 11.7. The highest BCUT2D eigenvalue weighted by molar-refractivity contribution is 5.82. The van der Waals surface area contributed by atoms with Crippen LogP contribution < -0.4 is 16.8 Å². The average Bonchev–Trinajstić information content (AvgIpc) is 2.25. The summed E-state index contributed by atoms with van der Waals surface area (Å²) in [6.45, 7) is -0.141. The minimum absolute atomic E-state index is 0.125. The van der Waals surface area contributed by atoms with Crippen LogP contribution in [0.2, 0.25) is 0 Å². The van der Waals surface area contributed by atoms with Crippen molar-refractivity contribution in [3.63, 3.8) is 0 Å². The van der Waals surface area contributed by atoms with Gasteiger partial charge >= 0.3 is 0 Å². The zero-order valence-corrected chi connectivity index (χ0v) is 9.19. The maximum Gasteiger partial charge on any atom is 0.248 e. The van der Waals surface area contributed by atoms with E-state index < -0.39 is 12.0 Å². The molecular weight excluding hydrogens is 210 g/mol. The van der Waals surface area contributed by atoms with Gasteiger partial charge in [-0.3, -0.25) is 9.59 Å². The molecule has 2 amide bonds. The highest BCUT2D eigenvalue weighted by atomic mass is 16.3. The normalized spacial score (nSPS) is 27.1. The number of carbonyl (C=O) groups is 2. The second-order valence-electron chi connectivity index (χ2n) is 4.22. The molecule has 1 aliphatic rings. The second kappa shape index (κ2) is 5.81. The number of hydrogen-bond acceptors (Lipinski definition) is 4. The van der Waals surface area contributed by atoms with Crippen LogP contribution >= 0.6 is 0 Å². The molecule has 0 radical (unpaired) electrons. The molecule has 16 heavy (non-hydrogen) atoms. The molecule has 0 spiro atoms. The molecule has 6 nitrogen and oxygen atoms in total. The molecule has 92 valence electrons. The molecule has 0 aromatic carbocycles. The highest BCUT2D eigenvalue weighted by Crippen LogP contribution is 2.22. The molecule has 1 saturated carbocycles. The summed E-state index contributed by atoms with van der Waals surface area (Å²) in [5.74, 6) is -1.26. The highest BCUT2D eigenvalue weighted by Gasteiger charge is 2.28. The number of amides is 2. The van der Waals surface area contributed by atoms with E-state index in [1.807, 2.05) is 0 Å². The second-order valence-corrected chi connectivity index (χ2v) is 4.22. The molecule has 6 heteroatoms. The predicted molar refractivity (Wildman–Crippen MR) is 58.1 cm³/mol. The molecule has 1 fully saturated rings. The number of aliphatic hydroxyl groups is 1. The molecular formula is C10H19N3O3. The topological polar surface area (TPSA) is 118 Å². The lowest BCUT2D eigenvalue weighted by Crippen LogP contribution is -2.47. The number of rotatable bonds is 4. The third-order valence-electron chi connectivity index (χ3n) is 2.95. The van der Waals surface area contributed by atoms with E-state index in [2.05, 4.69) is 5.32 Å². The number of nitrogens with one attached hydrogen (secondary N) is 1. The van der Waals surface area contributed by atoms with Gasteiger partial charge < -0.3 is 21.9 Å². The van der Waals surface area contributed by atoms with Crippen LogP contribution in [0.1, 0.15) is 25.7 Å². The molecule has 1 rings (SSSR count). The van der Waals surface area contributed by atoms with E-state index in [9.17, 15) is 9.59 Å². The van der Waals surface area contributed by atoms with Crippen molar-refractivity contribution in [1.29, 1.82) is 0 Å². The summed E-state index contributed by atoms with van der Waals surface area (Å²) in [6, 6.07) is -0.125. The lowest BCUT2D eigenvalue weighted by Gasteiger charge is -2.27. The monoisotopic (exact) mass is 229 g/mol. The molecule has 0 aliphatic heterocycles. The standard InChI is InChI=1S/C10H19N3O3/c11-7-4-2-1-3-6(7)10(16)13-5-8(14)9(12)15/h6-8,14H,1-5,11H2,(H2,12,15)(H,13,16). The van der Waals surface area contributed by atoms with Crippen LogP contribution in [0.3, 0.4) is 0 Å². The molecule has 1 aliphatic carbocycles. The molecule has 0 aromatic rings. The number of hydrogen-bond donors (Lipinski definition) is 4. The Balaban J connectivity index is 2.36. The van der Waals surface area contributed by atoms with Crippen molar-refractivity contribution in [1.82, 2.24) is 5.32 Å². The van der Waals surface area contributed by atoms with E-state index in [0.29, 0.717) is 0 Å². The number of nitrogens with two attached hydrogens (primary N) is 2. The fourth-order valence-electron chi connectivity index (χ4n) is 1.91. The van der Waals surface area contributed by atoms with Crippen LogP contribution in [0.5, 0.6) is 0 Å². The molecule has 6 N–H and O–H groups in total. The van der Waals surface area contributed by atoms with E-state index in [0.717, 1.165) is 25.7 Å². The van der Waals surface area contributed by atoms with Gasteiger partial charge in [0.25, 0.3) is 0 Å². The summed E-state index contributed by atoms with van der Waals surface area (Å²) >= 11 is 0. The van der Waals surface area contributed by atoms with Crippen LogP contribution in [0.15, 0.2) is 0 Å². The van der Waals surface area contributed by atoms with E-state index in [1.54, 1.807) is 0 Å². The number of primary amides is 1. The first-order chi connectivity index (χ1) is 7.52. The van der Waals surface area contributed by atoms with Gasteiger partial charge in [0.15, 0.2) is 0 Å². The van der Waals surface area contributed by atoms with E-state index in [4.69, 9.17) is 16.6 Å². The van der Waals surface area contributed by atoms with Crippen molar-refractivity contribution in [3.05, 3.63) is 0 Å². The van der Waals surface area contributed by atoms with Gasteiger partial charge in [-0.25, -0.2) is 0 Å². The van der Waals surface area contributed by atoms with Crippen LogP contribution in [-0.2, 0) is 9.59 Å². The summed E-state index contributed by atoms with van der Waals surface area (Å²) in [6.07, 6.45) is 2.32. The van der Waals surface area contributed by atoms with Crippen LogP contribution in [0.4, 0.5) is 0 Å². The van der Waals surface area contributed by atoms with Crippen molar-refractivity contribution in [2.75, 3.05) is 6.54 Å². The van der Waals surface area contributed by atoms with E-state index >= 15 is 0 Å². The van der Waals surface area contributed by atoms with Gasteiger partial charge in [0.2, 0.25) is 11.8 Å². The van der Waals surface area contributed by atoms with Crippen molar-refractivity contribution in [3.8, 4) is 0 Å². The summed E-state index contributed by atoms with van der Waals surface area (Å²) in [4.78, 5) is 22.2. The fourth-order valence-corrected chi connectivity index (χ4v) is 1.91. The zero-order chi connectivity index (χ0) is 12.1. The largest absolute Gasteiger partial charge is 0.381 e. The van der Waals surface area contributed by atoms with Crippen molar-refractivity contribution < 1.29 is 14.7 Å². The SMILES string of the molecule is NC(=O)C(O)CNC(=O)C1CCCCC1N. The first-order valence-electron chi connectivity index (χ1n) is 5.53. The predicted octanol–water partition coefficient (Wildman–Crippen LogP) is -1.53. The molecule has 0 heterocycles. The zero-order valence-electron chi connectivity index (χ0n) is 9.19. The minimum atomic E-state index is -1.33. The molecule has 3 atom stereocenters. The quantitative estimate of drug-likeness (QED) is 0.467. The lowest BCUT2D eigenvalue weighted by molar-refractivity contribution is -0.129. The summed E-state index contributed by atoms with van der Waals surface area (Å²) < 4.78 is 0. The molecule has 0 saturated heterocycles. The van der Waals surface area contributed by atoms with Crippen LogP contribution in [0, 0.1) is 5.92 Å². The van der Waals surface area contributed by atoms with Gasteiger partial charge in [-0.05, 0) is 12.8 Å². The van der Waals surface area contributed by atoms with Gasteiger partial charge in [-0.15, -0.1) is 0 Å². The van der Waals surface area contributed by atoms with Crippen LogP contribution in [-0.4, -0.2) is 35.6 Å². The minimum Gasteiger partial charge on any atom is -0.381 e. The Hall–Kier alpha value is -1.14. The van der Waals surface area contributed by atoms with Gasteiger partial charge in [0.1, 0.15) is 6.10 Å². The third kappa shape index (κ3) is 3.46. The smallest absolute Gasteiger partial charge is 0.248 e. The number of carbonyl (C=O) groups excluding carboxylic acids is 2. The van der Waals surface area contributed by atoms with Crippen molar-refractivity contribution in [2.24, 2.45) is 17.4 Å². The number of aliphatic hydroxyl groups excluding tert-OH is 1. The summed E-state index contributed by atoms with van der Waals surface area (Å²) in [5, 5.41) is 11.6. The van der Waals surface area contributed by atoms with E-state index in [1.165, 1.54) is 0 Å². The Morgan fingerprint density at radius 2 is 2.00 bits per heavy atom. The molecule has 0 bridgehead atoms. The molecule has 0 aromatic heterocycles. The Kier molecular flexibility index (Phi) is 4.70. The first-order valence-corrected chi connectivity index (χ1v) is 5.53. The maximum absolute atomic E-state index is 11.7. The van der Waals surface area contributed by atoms with Gasteiger partial charge in [-0.1, -0.05) is 12.8 Å². The summed E-state index contributed by atoms with van der Waals surface area (Å²) in [5.41, 5.74) is 10.7. The average molecular weight is 229 g/mol. The molecule has 3 unspecified atom stereocenters. The Morgan fingerprint density at radius 1 is 1.38 bits per heavy atom. The van der Waals surface area contributed by atoms with Crippen molar-refractivity contribution in [2.45, 2.75) is 37.8 Å². The van der Waals surface area contributed by atoms with Gasteiger partial charge in [0.05, 0.1) is 12.5 Å². The van der Waals surface area contributed by atoms with Crippen molar-refractivity contribution >= 4 is 11.8 Å². The van der Waals surface area contributed by atoms with Crippen LogP contribution in [0.25, 0.3) is 0 Å². The van der Waals surface area contributed by atoms with Gasteiger partial charge in [0, 0.05) is 6.04 Å². The Morgan fingerprint density at radius 3 is 2.56 bits per heavy atom. The Labute approximate surface area is 94.4 Å². The fraction of sp³-hybridized carbons (Fsp3) is 0.800. The van der Waals surface area contributed by atoms with Gasteiger partial charge in [-0.2, -0.15) is 0 Å². The Bertz CT molecular complexity index is 270. The lowest BCUT2D eigenvalue weighted by atomic mass is 9.84. The summed E-state index contributed by atoms with van der Waals surface area (Å²) in [7, 11) is 0. The third-order valence-corrected chi connectivity index (χ3v) is 2.95.